The summed E-state index contributed by atoms with van der Waals surface area (Å²) in [5.74, 6) is -0.675. The molecule has 2 aromatic rings. The minimum Gasteiger partial charge on any atom is -0.307 e. The van der Waals surface area contributed by atoms with Crippen LogP contribution in [0, 0.1) is 5.92 Å². The second-order valence-corrected chi connectivity index (χ2v) is 10.4. The van der Waals surface area contributed by atoms with Gasteiger partial charge in [-0.15, -0.1) is 0 Å². The van der Waals surface area contributed by atoms with Crippen LogP contribution in [0.1, 0.15) is 37.0 Å². The first-order chi connectivity index (χ1) is 13.0. The van der Waals surface area contributed by atoms with Gasteiger partial charge in [0.05, 0.1) is 16.6 Å². The number of benzene rings is 1. The molecular weight excluding hydrogens is 448 g/mol. The molecule has 5 nitrogen and oxygen atoms in total. The van der Waals surface area contributed by atoms with Crippen molar-refractivity contribution in [3.8, 4) is 0 Å². The highest BCUT2D eigenvalue weighted by molar-refractivity contribution is 9.10. The number of hydrogen-bond donors (Lipinski definition) is 1. The van der Waals surface area contributed by atoms with Crippen LogP contribution in [0.25, 0.3) is 0 Å². The molecule has 5 rings (SSSR count). The van der Waals surface area contributed by atoms with Crippen molar-refractivity contribution in [1.82, 2.24) is 4.98 Å². The van der Waals surface area contributed by atoms with E-state index in [0.29, 0.717) is 5.69 Å². The van der Waals surface area contributed by atoms with Crippen LogP contribution in [0.15, 0.2) is 38.6 Å². The number of imide groups is 1. The lowest BCUT2D eigenvalue weighted by Crippen LogP contribution is -2.46. The molecule has 3 aliphatic rings. The van der Waals surface area contributed by atoms with Gasteiger partial charge in [0.2, 0.25) is 11.8 Å². The number of thioether (sulfide) groups is 1. The molecule has 1 N–H and O–H groups in total. The summed E-state index contributed by atoms with van der Waals surface area (Å²) >= 11 is 5.99. The highest BCUT2D eigenvalue weighted by Crippen LogP contribution is 2.59. The number of amides is 2. The molecule has 1 spiro atoms. The molecule has 3 heterocycles. The summed E-state index contributed by atoms with van der Waals surface area (Å²) in [6.45, 7) is 0. The number of carbonyl (C=O) groups is 2. The molecule has 1 aromatic heterocycles. The van der Waals surface area contributed by atoms with Crippen LogP contribution in [0.5, 0.6) is 0 Å². The highest BCUT2D eigenvalue weighted by Gasteiger charge is 2.62. The number of hydrogen-bond acceptors (Lipinski definition) is 5. The summed E-state index contributed by atoms with van der Waals surface area (Å²) in [6.07, 6.45) is 4.92. The van der Waals surface area contributed by atoms with E-state index in [2.05, 4.69) is 20.9 Å². The van der Waals surface area contributed by atoms with Crippen LogP contribution in [0.4, 0.5) is 5.69 Å². The quantitative estimate of drug-likeness (QED) is 0.645. The molecule has 0 radical (unpaired) electrons. The van der Waals surface area contributed by atoms with Gasteiger partial charge in [-0.1, -0.05) is 58.3 Å². The molecule has 2 aliphatic heterocycles. The molecule has 1 aliphatic carbocycles. The number of fused-ring (bicyclic) bond motifs is 4. The van der Waals surface area contributed by atoms with E-state index in [1.165, 1.54) is 28.0 Å². The molecule has 27 heavy (non-hydrogen) atoms. The minimum absolute atomic E-state index is 0.0953. The Hall–Kier alpha value is -1.38. The number of nitrogens with one attached hydrogen (secondary N) is 1. The van der Waals surface area contributed by atoms with Crippen LogP contribution in [0.3, 0.4) is 0 Å². The normalized spacial score (nSPS) is 26.3. The van der Waals surface area contributed by atoms with Crippen molar-refractivity contribution in [2.75, 3.05) is 4.90 Å². The van der Waals surface area contributed by atoms with Gasteiger partial charge in [-0.05, 0) is 37.1 Å². The van der Waals surface area contributed by atoms with Gasteiger partial charge in [-0.3, -0.25) is 14.4 Å². The van der Waals surface area contributed by atoms with Gasteiger partial charge in [-0.25, -0.2) is 4.90 Å². The van der Waals surface area contributed by atoms with E-state index < -0.39 is 11.2 Å². The zero-order valence-electron chi connectivity index (χ0n) is 14.4. The van der Waals surface area contributed by atoms with Gasteiger partial charge in [0.25, 0.3) is 0 Å². The van der Waals surface area contributed by atoms with Gasteiger partial charge in [0, 0.05) is 14.8 Å². The molecule has 2 fully saturated rings. The average Bonchev–Trinajstić information content (AvgIpc) is 3.16. The van der Waals surface area contributed by atoms with Crippen molar-refractivity contribution < 1.29 is 9.59 Å². The number of carbonyl (C=O) groups excluding carboxylic acids is 2. The SMILES string of the molecule is O=C1[C@@H]2Sc3[nH]c(=O)sc3C3(CCCCC3)[C@H]2C(=O)N1c1ccc(Br)cc1. The lowest BCUT2D eigenvalue weighted by Gasteiger charge is -2.44. The van der Waals surface area contributed by atoms with Gasteiger partial charge in [0.1, 0.15) is 5.25 Å². The second-order valence-electron chi connectivity index (χ2n) is 7.39. The smallest absolute Gasteiger partial charge is 0.305 e. The molecule has 0 unspecified atom stereocenters. The molecule has 140 valence electrons. The minimum atomic E-state index is -0.461. The lowest BCUT2D eigenvalue weighted by atomic mass is 9.64. The largest absolute Gasteiger partial charge is 0.307 e. The molecule has 1 saturated carbocycles. The molecular formula is C19H17BrN2O3S2. The Morgan fingerprint density at radius 3 is 2.44 bits per heavy atom. The maximum atomic E-state index is 13.5. The van der Waals surface area contributed by atoms with Crippen molar-refractivity contribution >= 4 is 56.5 Å². The van der Waals surface area contributed by atoms with E-state index in [1.807, 2.05) is 12.1 Å². The summed E-state index contributed by atoms with van der Waals surface area (Å²) < 4.78 is 0.903. The van der Waals surface area contributed by atoms with Crippen molar-refractivity contribution in [3.63, 3.8) is 0 Å². The van der Waals surface area contributed by atoms with E-state index in [-0.39, 0.29) is 22.1 Å². The fourth-order valence-electron chi connectivity index (χ4n) is 4.85. The number of aromatic amines is 1. The first-order valence-electron chi connectivity index (χ1n) is 9.05. The van der Waals surface area contributed by atoms with E-state index in [0.717, 1.165) is 46.5 Å². The standard InChI is InChI=1S/C19H17BrN2O3S2/c20-10-4-6-11(7-5-10)22-16(23)12-13(17(22)24)26-15-14(27-18(25)21-15)19(12)8-2-1-3-9-19/h4-7,12-13H,1-3,8-9H2,(H,21,25)/t12-,13-/m1/s1. The Balaban J connectivity index is 1.64. The number of nitrogens with zero attached hydrogens (tertiary/aromatic N) is 1. The van der Waals surface area contributed by atoms with E-state index in [9.17, 15) is 14.4 Å². The Morgan fingerprint density at radius 2 is 1.74 bits per heavy atom. The van der Waals surface area contributed by atoms with Gasteiger partial charge in [-0.2, -0.15) is 0 Å². The Kier molecular flexibility index (Phi) is 4.14. The summed E-state index contributed by atoms with van der Waals surface area (Å²) in [5.41, 5.74) is 0.232. The zero-order valence-corrected chi connectivity index (χ0v) is 17.6. The van der Waals surface area contributed by atoms with Crippen LogP contribution in [0.2, 0.25) is 0 Å². The zero-order chi connectivity index (χ0) is 18.8. The predicted octanol–water partition coefficient (Wildman–Crippen LogP) is 4.06. The second kappa shape index (κ2) is 6.32. The summed E-state index contributed by atoms with van der Waals surface area (Å²) in [6, 6.07) is 7.28. The molecule has 2 amide bonds. The van der Waals surface area contributed by atoms with Crippen LogP contribution >= 0.6 is 39.0 Å². The van der Waals surface area contributed by atoms with Gasteiger partial charge >= 0.3 is 4.87 Å². The lowest BCUT2D eigenvalue weighted by molar-refractivity contribution is -0.123. The third kappa shape index (κ3) is 2.53. The van der Waals surface area contributed by atoms with Crippen LogP contribution in [-0.2, 0) is 15.0 Å². The van der Waals surface area contributed by atoms with Crippen molar-refractivity contribution in [3.05, 3.63) is 43.3 Å². The summed E-state index contributed by atoms with van der Waals surface area (Å²) in [4.78, 5) is 44.0. The Labute approximate surface area is 172 Å². The molecule has 1 aromatic carbocycles. The first-order valence-corrected chi connectivity index (χ1v) is 11.5. The Morgan fingerprint density at radius 1 is 1.04 bits per heavy atom. The van der Waals surface area contributed by atoms with Crippen LogP contribution < -0.4 is 9.77 Å². The van der Waals surface area contributed by atoms with E-state index in [1.54, 1.807) is 12.1 Å². The van der Waals surface area contributed by atoms with Crippen molar-refractivity contribution in [1.29, 1.82) is 0 Å². The van der Waals surface area contributed by atoms with Gasteiger partial charge in [0.15, 0.2) is 0 Å². The number of rotatable bonds is 1. The number of aromatic nitrogens is 1. The fourth-order valence-corrected chi connectivity index (χ4v) is 7.90. The van der Waals surface area contributed by atoms with E-state index in [4.69, 9.17) is 0 Å². The monoisotopic (exact) mass is 464 g/mol. The Bertz CT molecular complexity index is 991. The van der Waals surface area contributed by atoms with Gasteiger partial charge < -0.3 is 4.98 Å². The number of thiazole rings is 1. The molecule has 2 atom stereocenters. The maximum absolute atomic E-state index is 13.5. The number of halogens is 1. The summed E-state index contributed by atoms with van der Waals surface area (Å²) in [7, 11) is 0. The predicted molar refractivity (Wildman–Crippen MR) is 109 cm³/mol. The van der Waals surface area contributed by atoms with Crippen molar-refractivity contribution in [2.45, 2.75) is 47.8 Å². The van der Waals surface area contributed by atoms with Crippen LogP contribution in [-0.4, -0.2) is 22.0 Å². The number of anilines is 1. The fraction of sp³-hybridized carbons (Fsp3) is 0.421. The molecule has 0 bridgehead atoms. The first kappa shape index (κ1) is 17.7. The van der Waals surface area contributed by atoms with E-state index >= 15 is 0 Å². The molecule has 8 heteroatoms. The third-order valence-corrected chi connectivity index (χ3v) is 9.02. The van der Waals surface area contributed by atoms with Crippen molar-refractivity contribution in [2.24, 2.45) is 5.92 Å². The topological polar surface area (TPSA) is 70.2 Å². The maximum Gasteiger partial charge on any atom is 0.305 e. The number of H-pyrrole nitrogens is 1. The summed E-state index contributed by atoms with van der Waals surface area (Å²) in [5, 5.41) is 0.337. The molecule has 1 saturated heterocycles. The third-order valence-electron chi connectivity index (χ3n) is 5.99. The average molecular weight is 465 g/mol. The highest BCUT2D eigenvalue weighted by atomic mass is 79.9.